The van der Waals surface area contributed by atoms with Crippen LogP contribution in [0.4, 0.5) is 0 Å². The molecule has 0 aromatic heterocycles. The van der Waals surface area contributed by atoms with Crippen molar-refractivity contribution in [3.63, 3.8) is 0 Å². The third-order valence-electron chi connectivity index (χ3n) is 4.57. The Hall–Kier alpha value is -2.17. The predicted octanol–water partition coefficient (Wildman–Crippen LogP) is 1.57. The first-order valence-electron chi connectivity index (χ1n) is 7.34. The monoisotopic (exact) mass is 286 g/mol. The van der Waals surface area contributed by atoms with Crippen LogP contribution in [0.25, 0.3) is 0 Å². The van der Waals surface area contributed by atoms with Gasteiger partial charge in [-0.05, 0) is 30.9 Å². The lowest BCUT2D eigenvalue weighted by molar-refractivity contribution is -0.124. The summed E-state index contributed by atoms with van der Waals surface area (Å²) >= 11 is 0. The number of fused-ring (bicyclic) bond motifs is 1. The van der Waals surface area contributed by atoms with Crippen LogP contribution in [0, 0.1) is 11.8 Å². The molecule has 1 heterocycles. The Morgan fingerprint density at radius 3 is 2.24 bits per heavy atom. The molecule has 3 rings (SSSR count). The minimum atomic E-state index is -0.323. The number of hydrogen-bond donors (Lipinski definition) is 1. The molecule has 1 aliphatic heterocycles. The van der Waals surface area contributed by atoms with Crippen molar-refractivity contribution in [3.05, 3.63) is 35.4 Å². The van der Waals surface area contributed by atoms with Crippen molar-refractivity contribution in [1.82, 2.24) is 4.90 Å². The van der Waals surface area contributed by atoms with E-state index in [1.807, 2.05) is 0 Å². The average molecular weight is 286 g/mol. The van der Waals surface area contributed by atoms with Gasteiger partial charge in [0.1, 0.15) is 0 Å². The molecule has 0 spiro atoms. The van der Waals surface area contributed by atoms with Gasteiger partial charge in [-0.2, -0.15) is 0 Å². The first-order valence-corrected chi connectivity index (χ1v) is 7.34. The number of nitrogens with zero attached hydrogens (tertiary/aromatic N) is 1. The van der Waals surface area contributed by atoms with E-state index in [0.717, 1.165) is 25.7 Å². The quantitative estimate of drug-likeness (QED) is 0.856. The van der Waals surface area contributed by atoms with E-state index >= 15 is 0 Å². The number of rotatable bonds is 3. The Kier molecular flexibility index (Phi) is 3.49. The molecule has 2 N–H and O–H groups in total. The fourth-order valence-electron chi connectivity index (χ4n) is 3.44. The van der Waals surface area contributed by atoms with Crippen LogP contribution in [0.1, 0.15) is 46.4 Å². The second-order valence-electron chi connectivity index (χ2n) is 5.82. The highest BCUT2D eigenvalue weighted by Gasteiger charge is 2.39. The van der Waals surface area contributed by atoms with Gasteiger partial charge in [-0.3, -0.25) is 19.3 Å². The number of amides is 3. The summed E-state index contributed by atoms with van der Waals surface area (Å²) in [4.78, 5) is 37.5. The largest absolute Gasteiger partial charge is 0.369 e. The molecule has 2 unspecified atom stereocenters. The first-order chi connectivity index (χ1) is 10.1. The predicted molar refractivity (Wildman–Crippen MR) is 76.5 cm³/mol. The molecule has 3 amide bonds. The smallest absolute Gasteiger partial charge is 0.261 e. The molecular formula is C16H18N2O3. The lowest BCUT2D eigenvalue weighted by Crippen LogP contribution is -2.41. The van der Waals surface area contributed by atoms with Crippen molar-refractivity contribution < 1.29 is 14.4 Å². The van der Waals surface area contributed by atoms with Gasteiger partial charge in [-0.1, -0.05) is 25.0 Å². The lowest BCUT2D eigenvalue weighted by atomic mass is 9.78. The van der Waals surface area contributed by atoms with E-state index in [-0.39, 0.29) is 29.6 Å². The molecule has 5 heteroatoms. The van der Waals surface area contributed by atoms with Crippen molar-refractivity contribution in [1.29, 1.82) is 0 Å². The van der Waals surface area contributed by atoms with Crippen LogP contribution < -0.4 is 5.73 Å². The molecule has 2 atom stereocenters. The summed E-state index contributed by atoms with van der Waals surface area (Å²) in [5, 5.41) is 0. The van der Waals surface area contributed by atoms with Gasteiger partial charge in [0, 0.05) is 12.5 Å². The zero-order valence-electron chi connectivity index (χ0n) is 11.7. The number of carbonyl (C=O) groups is 3. The summed E-state index contributed by atoms with van der Waals surface area (Å²) in [6, 6.07) is 6.84. The molecule has 1 aliphatic carbocycles. The van der Waals surface area contributed by atoms with Crippen LogP contribution in [0.15, 0.2) is 24.3 Å². The van der Waals surface area contributed by atoms with Crippen molar-refractivity contribution in [2.75, 3.05) is 6.54 Å². The summed E-state index contributed by atoms with van der Waals surface area (Å²) in [5.74, 6) is -1.09. The Morgan fingerprint density at radius 1 is 1.10 bits per heavy atom. The third-order valence-corrected chi connectivity index (χ3v) is 4.57. The third kappa shape index (κ3) is 2.33. The average Bonchev–Trinajstić information content (AvgIpc) is 2.73. The fraction of sp³-hybridized carbons (Fsp3) is 0.438. The Bertz CT molecular complexity index is 576. The number of imide groups is 1. The number of benzene rings is 1. The van der Waals surface area contributed by atoms with E-state index in [9.17, 15) is 14.4 Å². The zero-order valence-corrected chi connectivity index (χ0v) is 11.7. The van der Waals surface area contributed by atoms with E-state index in [2.05, 4.69) is 0 Å². The number of primary amides is 1. The van der Waals surface area contributed by atoms with E-state index in [0.29, 0.717) is 17.7 Å². The van der Waals surface area contributed by atoms with E-state index < -0.39 is 0 Å². The molecule has 1 aromatic carbocycles. The first kappa shape index (κ1) is 13.8. The minimum absolute atomic E-state index is 0.0153. The molecule has 21 heavy (non-hydrogen) atoms. The molecule has 0 radical (unpaired) electrons. The molecule has 5 nitrogen and oxygen atoms in total. The minimum Gasteiger partial charge on any atom is -0.369 e. The summed E-state index contributed by atoms with van der Waals surface area (Å²) in [6.45, 7) is 0.292. The van der Waals surface area contributed by atoms with Gasteiger partial charge in [0.2, 0.25) is 5.91 Å². The van der Waals surface area contributed by atoms with Crippen LogP contribution in [-0.2, 0) is 4.79 Å². The number of hydrogen-bond acceptors (Lipinski definition) is 3. The number of carbonyl (C=O) groups excluding carboxylic acids is 3. The highest BCUT2D eigenvalue weighted by atomic mass is 16.2. The van der Waals surface area contributed by atoms with Gasteiger partial charge in [0.25, 0.3) is 11.8 Å². The van der Waals surface area contributed by atoms with Gasteiger partial charge in [0.05, 0.1) is 11.1 Å². The normalized spacial score (nSPS) is 25.0. The highest BCUT2D eigenvalue weighted by Crippen LogP contribution is 2.32. The van der Waals surface area contributed by atoms with Crippen LogP contribution in [0.5, 0.6) is 0 Å². The maximum absolute atomic E-state index is 12.3. The summed E-state index contributed by atoms with van der Waals surface area (Å²) in [5.41, 5.74) is 6.36. The lowest BCUT2D eigenvalue weighted by Gasteiger charge is -2.31. The highest BCUT2D eigenvalue weighted by molar-refractivity contribution is 6.21. The molecular weight excluding hydrogens is 268 g/mol. The van der Waals surface area contributed by atoms with Gasteiger partial charge in [-0.25, -0.2) is 0 Å². The Morgan fingerprint density at radius 2 is 1.67 bits per heavy atom. The SMILES string of the molecule is NC(=O)C1CCCCC1CN1C(=O)c2ccccc2C1=O. The number of nitrogens with two attached hydrogens (primary N) is 1. The molecule has 110 valence electrons. The standard InChI is InChI=1S/C16H18N2O3/c17-14(19)11-6-2-1-5-10(11)9-18-15(20)12-7-3-4-8-13(12)16(18)21/h3-4,7-8,10-11H,1-2,5-6,9H2,(H2,17,19). The van der Waals surface area contributed by atoms with E-state index in [1.165, 1.54) is 4.90 Å². The van der Waals surface area contributed by atoms with E-state index in [4.69, 9.17) is 5.73 Å². The van der Waals surface area contributed by atoms with Gasteiger partial charge >= 0.3 is 0 Å². The summed E-state index contributed by atoms with van der Waals surface area (Å²) in [7, 11) is 0. The zero-order chi connectivity index (χ0) is 15.0. The summed E-state index contributed by atoms with van der Waals surface area (Å²) in [6.07, 6.45) is 3.58. The van der Waals surface area contributed by atoms with Gasteiger partial charge in [0.15, 0.2) is 0 Å². The molecule has 0 saturated heterocycles. The van der Waals surface area contributed by atoms with Crippen molar-refractivity contribution in [2.24, 2.45) is 17.6 Å². The van der Waals surface area contributed by atoms with Crippen LogP contribution in [0.3, 0.4) is 0 Å². The molecule has 1 saturated carbocycles. The van der Waals surface area contributed by atoms with Crippen molar-refractivity contribution >= 4 is 17.7 Å². The van der Waals surface area contributed by atoms with Crippen LogP contribution in [-0.4, -0.2) is 29.2 Å². The van der Waals surface area contributed by atoms with Crippen LogP contribution in [0.2, 0.25) is 0 Å². The Balaban J connectivity index is 1.81. The summed E-state index contributed by atoms with van der Waals surface area (Å²) < 4.78 is 0. The van der Waals surface area contributed by atoms with Gasteiger partial charge in [-0.15, -0.1) is 0 Å². The van der Waals surface area contributed by atoms with Gasteiger partial charge < -0.3 is 5.73 Å². The second-order valence-corrected chi connectivity index (χ2v) is 5.82. The molecule has 1 fully saturated rings. The Labute approximate surface area is 123 Å². The molecule has 0 bridgehead atoms. The topological polar surface area (TPSA) is 80.5 Å². The van der Waals surface area contributed by atoms with Crippen molar-refractivity contribution in [3.8, 4) is 0 Å². The fourth-order valence-corrected chi connectivity index (χ4v) is 3.44. The van der Waals surface area contributed by atoms with Crippen molar-refractivity contribution in [2.45, 2.75) is 25.7 Å². The van der Waals surface area contributed by atoms with E-state index in [1.54, 1.807) is 24.3 Å². The second kappa shape index (κ2) is 5.31. The van der Waals surface area contributed by atoms with Crippen LogP contribution >= 0.6 is 0 Å². The molecule has 1 aromatic rings. The molecule has 2 aliphatic rings. The maximum Gasteiger partial charge on any atom is 0.261 e. The maximum atomic E-state index is 12.3.